The number of methoxy groups -OCH3 is 1. The highest BCUT2D eigenvalue weighted by Gasteiger charge is 2.37. The van der Waals surface area contributed by atoms with Crippen LogP contribution in [0.15, 0.2) is 0 Å². The molecule has 0 aromatic rings. The fourth-order valence-corrected chi connectivity index (χ4v) is 1.38. The second-order valence-corrected chi connectivity index (χ2v) is 4.19. The summed E-state index contributed by atoms with van der Waals surface area (Å²) in [5, 5.41) is 43.0. The van der Waals surface area contributed by atoms with Gasteiger partial charge in [0.15, 0.2) is 12.2 Å². The van der Waals surface area contributed by atoms with Crippen LogP contribution in [-0.4, -0.2) is 90.0 Å². The Balaban J connectivity index is 4.25. The molecule has 0 aliphatic heterocycles. The molecule has 10 heteroatoms. The summed E-state index contributed by atoms with van der Waals surface area (Å²) in [4.78, 5) is 22.5. The van der Waals surface area contributed by atoms with Crippen molar-refractivity contribution in [2.45, 2.75) is 24.4 Å². The molecule has 21 heavy (non-hydrogen) atoms. The third kappa shape index (κ3) is 6.80. The molecular formula is C11H22N3O7. The predicted molar refractivity (Wildman–Crippen MR) is 69.9 cm³/mol. The van der Waals surface area contributed by atoms with Gasteiger partial charge in [-0.25, -0.2) is 4.79 Å². The zero-order valence-corrected chi connectivity index (χ0v) is 11.7. The van der Waals surface area contributed by atoms with Crippen molar-refractivity contribution in [3.05, 3.63) is 0 Å². The van der Waals surface area contributed by atoms with Crippen LogP contribution in [0.5, 0.6) is 0 Å². The Morgan fingerprint density at radius 3 is 2.14 bits per heavy atom. The Kier molecular flexibility index (Phi) is 9.78. The largest absolute Gasteiger partial charge is 0.467 e. The molecule has 0 bridgehead atoms. The zero-order chi connectivity index (χ0) is 16.4. The maximum atomic E-state index is 11.5. The van der Waals surface area contributed by atoms with Crippen molar-refractivity contribution in [2.24, 2.45) is 0 Å². The van der Waals surface area contributed by atoms with Crippen LogP contribution in [0.3, 0.4) is 0 Å². The minimum Gasteiger partial charge on any atom is -0.467 e. The number of carbonyl (C=O) groups excluding carboxylic acids is 2. The van der Waals surface area contributed by atoms with Crippen molar-refractivity contribution in [2.75, 3.05) is 33.3 Å². The topological polar surface area (TPSA) is 172 Å². The van der Waals surface area contributed by atoms with Gasteiger partial charge < -0.3 is 35.8 Å². The van der Waals surface area contributed by atoms with E-state index < -0.39 is 36.3 Å². The normalized spacial score (nSPS) is 16.7. The average Bonchev–Trinajstić information content (AvgIpc) is 2.50. The highest BCUT2D eigenvalue weighted by atomic mass is 16.5. The molecule has 0 heterocycles. The minimum atomic E-state index is -2.08. The Bertz CT molecular complexity index is 329. The van der Waals surface area contributed by atoms with E-state index in [1.165, 1.54) is 0 Å². The van der Waals surface area contributed by atoms with Crippen LogP contribution in [0.25, 0.3) is 0 Å². The second kappa shape index (κ2) is 10.4. The first-order valence-corrected chi connectivity index (χ1v) is 6.29. The average molecular weight is 308 g/mol. The predicted octanol–water partition coefficient (Wildman–Crippen LogP) is -4.41. The highest BCUT2D eigenvalue weighted by Crippen LogP contribution is 2.06. The second-order valence-electron chi connectivity index (χ2n) is 4.19. The molecule has 0 aliphatic carbocycles. The van der Waals surface area contributed by atoms with Crippen LogP contribution in [0, 0.1) is 0 Å². The summed E-state index contributed by atoms with van der Waals surface area (Å²) >= 11 is 0. The molecule has 0 spiro atoms. The van der Waals surface area contributed by atoms with Gasteiger partial charge in [-0.1, -0.05) is 0 Å². The van der Waals surface area contributed by atoms with E-state index in [0.717, 1.165) is 7.11 Å². The van der Waals surface area contributed by atoms with Crippen LogP contribution < -0.4 is 16.4 Å². The molecule has 1 radical (unpaired) electrons. The summed E-state index contributed by atoms with van der Waals surface area (Å²) in [7, 11) is 0.970. The number of amides is 1. The number of aliphatic hydroxyl groups excluding tert-OH is 4. The highest BCUT2D eigenvalue weighted by molar-refractivity contribution is 5.81. The minimum absolute atomic E-state index is 0.137. The number of rotatable bonds is 10. The van der Waals surface area contributed by atoms with Gasteiger partial charge in [0.05, 0.1) is 7.11 Å². The summed E-state index contributed by atoms with van der Waals surface area (Å²) in [5.74, 6) is -2.17. The number of aliphatic hydroxyl groups is 4. The van der Waals surface area contributed by atoms with E-state index in [1.54, 1.807) is 0 Å². The van der Waals surface area contributed by atoms with Gasteiger partial charge in [0.2, 0.25) is 0 Å². The standard InChI is InChI=1S/C11H22N3O7/c1-21-11(20)9(18)7(16)6(15)8(17)10(19)14-5-4-13-3-2-12/h6-9,12-13,15-18H,2-5H2,1H3,(H,14,19)/t6-,7-,8-,9+/m0/s1. The number of esters is 1. The number of hydrogen-bond donors (Lipinski definition) is 6. The Morgan fingerprint density at radius 2 is 1.62 bits per heavy atom. The van der Waals surface area contributed by atoms with Crippen LogP contribution in [0.1, 0.15) is 0 Å². The number of carbonyl (C=O) groups is 2. The van der Waals surface area contributed by atoms with E-state index in [0.29, 0.717) is 13.1 Å². The fourth-order valence-electron chi connectivity index (χ4n) is 1.38. The van der Waals surface area contributed by atoms with Gasteiger partial charge in [0.1, 0.15) is 12.2 Å². The first-order chi connectivity index (χ1) is 9.86. The summed E-state index contributed by atoms with van der Waals surface area (Å²) in [6.07, 6.45) is -8.22. The third-order valence-corrected chi connectivity index (χ3v) is 2.61. The summed E-state index contributed by atoms with van der Waals surface area (Å²) < 4.78 is 4.16. The van der Waals surface area contributed by atoms with Crippen molar-refractivity contribution in [1.29, 1.82) is 0 Å². The summed E-state index contributed by atoms with van der Waals surface area (Å²) in [6.45, 7) is 1.14. The van der Waals surface area contributed by atoms with Gasteiger partial charge in [-0.15, -0.1) is 0 Å². The smallest absolute Gasteiger partial charge is 0.337 e. The lowest BCUT2D eigenvalue weighted by Gasteiger charge is -2.24. The molecule has 4 atom stereocenters. The van der Waals surface area contributed by atoms with E-state index in [9.17, 15) is 30.0 Å². The number of ether oxygens (including phenoxy) is 1. The Morgan fingerprint density at radius 1 is 1.05 bits per heavy atom. The van der Waals surface area contributed by atoms with Crippen LogP contribution in [0.2, 0.25) is 0 Å². The van der Waals surface area contributed by atoms with E-state index in [-0.39, 0.29) is 13.1 Å². The molecule has 0 saturated carbocycles. The van der Waals surface area contributed by atoms with Gasteiger partial charge in [0.25, 0.3) is 5.91 Å². The molecule has 0 aromatic heterocycles. The van der Waals surface area contributed by atoms with Crippen LogP contribution in [0.4, 0.5) is 0 Å². The number of hydrogen-bond acceptors (Lipinski definition) is 8. The molecule has 0 unspecified atom stereocenters. The lowest BCUT2D eigenvalue weighted by atomic mass is 10.0. The molecule has 123 valence electrons. The van der Waals surface area contributed by atoms with Gasteiger partial charge in [0, 0.05) is 26.2 Å². The Labute approximate surface area is 121 Å². The SMILES string of the molecule is COC(=O)[C@H](O)[C@@H](O)[C@H](O)[C@H](O)C(=O)NCCNCC[NH]. The van der Waals surface area contributed by atoms with E-state index >= 15 is 0 Å². The van der Waals surface area contributed by atoms with Crippen molar-refractivity contribution in [1.82, 2.24) is 16.4 Å². The Hall–Kier alpha value is -1.30. The quantitative estimate of drug-likeness (QED) is 0.173. The van der Waals surface area contributed by atoms with E-state index in [1.807, 2.05) is 0 Å². The number of nitrogens with one attached hydrogen (secondary N) is 3. The first-order valence-electron chi connectivity index (χ1n) is 6.29. The van der Waals surface area contributed by atoms with Gasteiger partial charge >= 0.3 is 5.97 Å². The van der Waals surface area contributed by atoms with Crippen molar-refractivity contribution >= 4 is 11.9 Å². The van der Waals surface area contributed by atoms with Gasteiger partial charge in [-0.3, -0.25) is 10.5 Å². The monoisotopic (exact) mass is 308 g/mol. The molecule has 0 aromatic carbocycles. The molecule has 0 aliphatic rings. The van der Waals surface area contributed by atoms with Crippen LogP contribution in [-0.2, 0) is 14.3 Å². The molecule has 0 fully saturated rings. The molecular weight excluding hydrogens is 286 g/mol. The summed E-state index contributed by atoms with van der Waals surface area (Å²) in [6, 6.07) is 0. The first kappa shape index (κ1) is 19.7. The zero-order valence-electron chi connectivity index (χ0n) is 11.7. The van der Waals surface area contributed by atoms with Crippen molar-refractivity contribution in [3.8, 4) is 0 Å². The summed E-state index contributed by atoms with van der Waals surface area (Å²) in [5.41, 5.74) is 6.87. The fraction of sp³-hybridized carbons (Fsp3) is 0.818. The van der Waals surface area contributed by atoms with Crippen LogP contribution >= 0.6 is 0 Å². The third-order valence-electron chi connectivity index (χ3n) is 2.61. The maximum absolute atomic E-state index is 11.5. The van der Waals surface area contributed by atoms with Gasteiger partial charge in [-0.05, 0) is 0 Å². The maximum Gasteiger partial charge on any atom is 0.337 e. The molecule has 1 amide bonds. The lowest BCUT2D eigenvalue weighted by molar-refractivity contribution is -0.169. The lowest BCUT2D eigenvalue weighted by Crippen LogP contribution is -2.53. The van der Waals surface area contributed by atoms with E-state index in [2.05, 4.69) is 15.4 Å². The van der Waals surface area contributed by atoms with Crippen molar-refractivity contribution < 1.29 is 34.8 Å². The van der Waals surface area contributed by atoms with E-state index in [4.69, 9.17) is 5.73 Å². The molecule has 7 N–H and O–H groups in total. The molecule has 0 rings (SSSR count). The van der Waals surface area contributed by atoms with Gasteiger partial charge in [-0.2, -0.15) is 0 Å². The molecule has 10 nitrogen and oxygen atoms in total. The van der Waals surface area contributed by atoms with Crippen molar-refractivity contribution in [3.63, 3.8) is 0 Å². The molecule has 0 saturated heterocycles.